The van der Waals surface area contributed by atoms with Crippen LogP contribution in [0.2, 0.25) is 0 Å². The van der Waals surface area contributed by atoms with Crippen LogP contribution in [0.15, 0.2) is 170 Å². The third kappa shape index (κ3) is 3.34. The van der Waals surface area contributed by atoms with Crippen molar-refractivity contribution in [2.45, 2.75) is 0 Å². The Labute approximate surface area is 284 Å². The molecule has 0 aliphatic heterocycles. The molecule has 0 heteroatoms. The molecule has 0 aromatic heterocycles. The molecule has 11 rings (SSSR count). The topological polar surface area (TPSA) is 0 Å². The second-order valence-electron chi connectivity index (χ2n) is 12.7. The normalized spacial score (nSPS) is 13.6. The largest absolute Gasteiger partial charge is 0.0629 e. The fraction of sp³-hybridized carbons (Fsp3) is 0. The Morgan fingerprint density at radius 2 is 0.812 bits per heavy atom. The highest BCUT2D eigenvalue weighted by atomic mass is 14.3. The van der Waals surface area contributed by atoms with Gasteiger partial charge in [-0.2, -0.15) is 0 Å². The van der Waals surface area contributed by atoms with Crippen LogP contribution < -0.4 is 0 Å². The van der Waals surface area contributed by atoms with Gasteiger partial charge in [-0.25, -0.2) is 0 Å². The average Bonchev–Trinajstić information content (AvgIpc) is 3.71. The summed E-state index contributed by atoms with van der Waals surface area (Å²) in [7, 11) is 0. The minimum Gasteiger partial charge on any atom is -0.0622 e. The fourth-order valence-electron chi connectivity index (χ4n) is 8.61. The van der Waals surface area contributed by atoms with Gasteiger partial charge in [-0.05, 0) is 115 Å². The molecule has 0 aliphatic rings. The van der Waals surface area contributed by atoms with Gasteiger partial charge in [-0.1, -0.05) is 164 Å². The van der Waals surface area contributed by atoms with E-state index in [2.05, 4.69) is 121 Å². The number of hydrogen-bond acceptors (Lipinski definition) is 0. The van der Waals surface area contributed by atoms with Gasteiger partial charge in [0, 0.05) is 0 Å². The summed E-state index contributed by atoms with van der Waals surface area (Å²) in [5, 5.41) is 16.2. The Balaban J connectivity index is 1.44. The molecule has 11 aromatic rings. The third-order valence-electron chi connectivity index (χ3n) is 10.4. The zero-order chi connectivity index (χ0) is 35.7. The van der Waals surface area contributed by atoms with Crippen molar-refractivity contribution >= 4 is 75.4 Å². The summed E-state index contributed by atoms with van der Waals surface area (Å²) in [5.74, 6) is 0. The quantitative estimate of drug-likeness (QED) is 0.175. The van der Waals surface area contributed by atoms with E-state index >= 15 is 0 Å². The van der Waals surface area contributed by atoms with Crippen LogP contribution in [-0.4, -0.2) is 0 Å². The summed E-state index contributed by atoms with van der Waals surface area (Å²) in [6.45, 7) is 0. The maximum atomic E-state index is 8.89. The first kappa shape index (κ1) is 21.5. The Hall–Kier alpha value is -6.24. The minimum absolute atomic E-state index is 0.197. The van der Waals surface area contributed by atoms with Gasteiger partial charge in [0.2, 0.25) is 0 Å². The molecule has 0 radical (unpaired) electrons. The predicted molar refractivity (Wildman–Crippen MR) is 208 cm³/mol. The smallest absolute Gasteiger partial charge is 0.0622 e. The van der Waals surface area contributed by atoms with Crippen molar-refractivity contribution in [3.63, 3.8) is 0 Å². The molecular weight excluding hydrogens is 577 g/mol. The van der Waals surface area contributed by atoms with Gasteiger partial charge in [0.1, 0.15) is 0 Å². The number of benzene rings is 9. The summed E-state index contributed by atoms with van der Waals surface area (Å²) >= 11 is 0. The molecule has 0 N–H and O–H groups in total. The maximum Gasteiger partial charge on any atom is 0.0629 e. The molecular formula is C48H28. The van der Waals surface area contributed by atoms with Gasteiger partial charge in [0.05, 0.1) is 6.85 Å². The van der Waals surface area contributed by atoms with E-state index in [1.54, 1.807) is 0 Å². The lowest BCUT2D eigenvalue weighted by Crippen LogP contribution is -1.91. The first-order valence-corrected chi connectivity index (χ1v) is 16.4. The molecule has 0 saturated carbocycles. The van der Waals surface area contributed by atoms with E-state index in [4.69, 9.17) is 6.85 Å². The molecule has 0 bridgehead atoms. The maximum absolute atomic E-state index is 8.89. The van der Waals surface area contributed by atoms with Crippen LogP contribution in [0.5, 0.6) is 0 Å². The van der Waals surface area contributed by atoms with Crippen LogP contribution in [-0.2, 0) is 0 Å². The van der Waals surface area contributed by atoms with Crippen LogP contribution in [0.1, 0.15) is 6.85 Å². The van der Waals surface area contributed by atoms with Crippen LogP contribution in [0.25, 0.3) is 109 Å². The van der Waals surface area contributed by atoms with E-state index in [1.807, 2.05) is 18.2 Å². The first-order valence-electron chi connectivity index (χ1n) is 18.9. The van der Waals surface area contributed by atoms with Gasteiger partial charge >= 0.3 is 0 Å². The number of fused-ring (bicyclic) bond motifs is 8. The summed E-state index contributed by atoms with van der Waals surface area (Å²) in [4.78, 5) is 0. The first-order chi connectivity index (χ1) is 25.9. The Kier molecular flexibility index (Phi) is 4.32. The van der Waals surface area contributed by atoms with Gasteiger partial charge in [-0.3, -0.25) is 0 Å². The zero-order valence-corrected chi connectivity index (χ0v) is 25.8. The Bertz CT molecular complexity index is 3290. The van der Waals surface area contributed by atoms with Crippen LogP contribution in [0, 0.1) is 0 Å². The summed E-state index contributed by atoms with van der Waals surface area (Å²) < 4.78 is 43.0. The number of hydrogen-bond donors (Lipinski definition) is 0. The van der Waals surface area contributed by atoms with Crippen LogP contribution in [0.4, 0.5) is 0 Å². The van der Waals surface area contributed by atoms with Gasteiger partial charge in [0.15, 0.2) is 0 Å². The standard InChI is InChI=1S/C48H28/c1-4-14-29(15-5-1)32-26-27-39-44-35(32)22-12-25-38(44)47-42(30-16-6-2-7-17-30)41-28-40-34-21-11-10-20-33(34)36-23-13-24-37(45(36)40)46(41)43(48(39)47)31-18-8-3-9-19-31/h1-28H/i1D,4D,5D,14D,15D. The lowest BCUT2D eigenvalue weighted by atomic mass is 9.84. The molecule has 0 atom stereocenters. The minimum atomic E-state index is -0.390. The highest BCUT2D eigenvalue weighted by molar-refractivity contribution is 6.45. The van der Waals surface area contributed by atoms with Crippen LogP contribution in [0.3, 0.4) is 0 Å². The van der Waals surface area contributed by atoms with E-state index in [0.717, 1.165) is 49.0 Å². The second kappa shape index (κ2) is 9.64. The molecule has 48 heavy (non-hydrogen) atoms. The average molecular weight is 610 g/mol. The van der Waals surface area contributed by atoms with Gasteiger partial charge in [0.25, 0.3) is 0 Å². The van der Waals surface area contributed by atoms with E-state index in [-0.39, 0.29) is 35.8 Å². The molecule has 0 unspecified atom stereocenters. The molecule has 220 valence electrons. The SMILES string of the molecule is [2H]c1c([2H])c([2H])c(-c2ccc3c4c(-c5ccccc5)c5c(cc6c7ccccc7c7cccc5c76)c(-c5ccccc5)c4c4cccc2c43)c([2H])c1[2H]. The van der Waals surface area contributed by atoms with E-state index in [9.17, 15) is 0 Å². The summed E-state index contributed by atoms with van der Waals surface area (Å²) in [6, 6.07) is 48.1. The van der Waals surface area contributed by atoms with Crippen molar-refractivity contribution in [1.29, 1.82) is 0 Å². The number of rotatable bonds is 3. The zero-order valence-electron chi connectivity index (χ0n) is 30.8. The van der Waals surface area contributed by atoms with Crippen molar-refractivity contribution in [2.24, 2.45) is 0 Å². The van der Waals surface area contributed by atoms with Crippen molar-refractivity contribution < 1.29 is 6.85 Å². The van der Waals surface area contributed by atoms with E-state index < -0.39 is 0 Å². The molecule has 0 aliphatic carbocycles. The fourth-order valence-corrected chi connectivity index (χ4v) is 8.61. The molecule has 0 amide bonds. The molecule has 0 heterocycles. The molecule has 11 aromatic carbocycles. The van der Waals surface area contributed by atoms with Crippen LogP contribution >= 0.6 is 0 Å². The summed E-state index contributed by atoms with van der Waals surface area (Å²) in [5.41, 5.74) is 5.43. The summed E-state index contributed by atoms with van der Waals surface area (Å²) in [6.07, 6.45) is 0. The van der Waals surface area contributed by atoms with E-state index in [0.29, 0.717) is 5.56 Å². The highest BCUT2D eigenvalue weighted by Gasteiger charge is 2.26. The Morgan fingerprint density at radius 3 is 1.54 bits per heavy atom. The molecule has 0 fully saturated rings. The van der Waals surface area contributed by atoms with Crippen molar-refractivity contribution in [1.82, 2.24) is 0 Å². The Morgan fingerprint density at radius 1 is 0.292 bits per heavy atom. The lowest BCUT2D eigenvalue weighted by molar-refractivity contribution is 1.67. The van der Waals surface area contributed by atoms with Crippen molar-refractivity contribution in [2.75, 3.05) is 0 Å². The predicted octanol–water partition coefficient (Wildman–Crippen LogP) is 13.6. The second-order valence-corrected chi connectivity index (χ2v) is 12.7. The van der Waals surface area contributed by atoms with Crippen molar-refractivity contribution in [3.05, 3.63) is 170 Å². The van der Waals surface area contributed by atoms with Gasteiger partial charge in [-0.15, -0.1) is 0 Å². The third-order valence-corrected chi connectivity index (χ3v) is 10.4. The van der Waals surface area contributed by atoms with E-state index in [1.165, 1.54) is 48.7 Å². The molecule has 0 nitrogen and oxygen atoms in total. The van der Waals surface area contributed by atoms with Crippen molar-refractivity contribution in [3.8, 4) is 33.4 Å². The van der Waals surface area contributed by atoms with Gasteiger partial charge < -0.3 is 0 Å². The molecule has 0 saturated heterocycles. The molecule has 0 spiro atoms. The lowest BCUT2D eigenvalue weighted by Gasteiger charge is -2.19. The monoisotopic (exact) mass is 609 g/mol. The highest BCUT2D eigenvalue weighted by Crippen LogP contribution is 2.55.